The molecule has 2 N–H and O–H groups in total. The van der Waals surface area contributed by atoms with Crippen molar-refractivity contribution < 1.29 is 9.53 Å². The molecule has 0 atom stereocenters. The molecule has 5 heteroatoms. The Morgan fingerprint density at radius 1 is 0.964 bits per heavy atom. The Kier molecular flexibility index (Phi) is 7.01. The lowest BCUT2D eigenvalue weighted by Gasteiger charge is -2.08. The van der Waals surface area contributed by atoms with E-state index in [2.05, 4.69) is 39.9 Å². The van der Waals surface area contributed by atoms with Gasteiger partial charge in [0.15, 0.2) is 0 Å². The number of aromatic nitrogens is 1. The first-order valence-corrected chi connectivity index (χ1v) is 9.39. The van der Waals surface area contributed by atoms with Gasteiger partial charge in [-0.2, -0.15) is 0 Å². The van der Waals surface area contributed by atoms with Gasteiger partial charge in [0.05, 0.1) is 19.0 Å². The number of carbonyl (C=O) groups is 1. The van der Waals surface area contributed by atoms with Crippen LogP contribution < -0.4 is 15.4 Å². The van der Waals surface area contributed by atoms with Crippen LogP contribution in [0.15, 0.2) is 72.9 Å². The number of methoxy groups -OCH3 is 1. The van der Waals surface area contributed by atoms with E-state index in [1.54, 1.807) is 19.4 Å². The minimum atomic E-state index is -0.188. The van der Waals surface area contributed by atoms with E-state index in [1.165, 1.54) is 5.56 Å². The molecule has 5 nitrogen and oxygen atoms in total. The van der Waals surface area contributed by atoms with E-state index in [9.17, 15) is 4.79 Å². The zero-order valence-corrected chi connectivity index (χ0v) is 16.0. The standard InChI is InChI=1S/C23H25N3O2/c1-28-21-12-9-19(10-13-21)16-26-23(27)22-14-11-20(17-25-22)24-15-5-8-18-6-3-2-4-7-18/h2-4,6-7,9-14,17,24H,5,8,15-16H2,1H3,(H,26,27). The molecule has 3 aromatic rings. The fourth-order valence-electron chi connectivity index (χ4n) is 2.82. The highest BCUT2D eigenvalue weighted by molar-refractivity contribution is 5.92. The van der Waals surface area contributed by atoms with E-state index in [0.717, 1.165) is 36.4 Å². The molecular formula is C23H25N3O2. The second kappa shape index (κ2) is 10.1. The highest BCUT2D eigenvalue weighted by Gasteiger charge is 2.07. The van der Waals surface area contributed by atoms with Crippen LogP contribution in [-0.2, 0) is 13.0 Å². The Morgan fingerprint density at radius 3 is 2.43 bits per heavy atom. The molecule has 0 radical (unpaired) electrons. The highest BCUT2D eigenvalue weighted by atomic mass is 16.5. The number of carbonyl (C=O) groups excluding carboxylic acids is 1. The molecule has 1 aromatic heterocycles. The van der Waals surface area contributed by atoms with Crippen molar-refractivity contribution in [3.05, 3.63) is 89.7 Å². The van der Waals surface area contributed by atoms with E-state index in [1.807, 2.05) is 36.4 Å². The first-order chi connectivity index (χ1) is 13.7. The van der Waals surface area contributed by atoms with Gasteiger partial charge in [0.2, 0.25) is 0 Å². The fraction of sp³-hybridized carbons (Fsp3) is 0.217. The van der Waals surface area contributed by atoms with Gasteiger partial charge in [-0.25, -0.2) is 4.98 Å². The van der Waals surface area contributed by atoms with Crippen molar-refractivity contribution in [3.63, 3.8) is 0 Å². The molecule has 0 aliphatic heterocycles. The van der Waals surface area contributed by atoms with Gasteiger partial charge in [0, 0.05) is 13.1 Å². The topological polar surface area (TPSA) is 63.2 Å². The van der Waals surface area contributed by atoms with Crippen molar-refractivity contribution >= 4 is 11.6 Å². The molecule has 0 saturated carbocycles. The van der Waals surface area contributed by atoms with Crippen LogP contribution in [0.3, 0.4) is 0 Å². The number of hydrogen-bond donors (Lipinski definition) is 2. The number of anilines is 1. The van der Waals surface area contributed by atoms with Crippen molar-refractivity contribution in [2.75, 3.05) is 19.0 Å². The fourth-order valence-corrected chi connectivity index (χ4v) is 2.82. The molecule has 144 valence electrons. The van der Waals surface area contributed by atoms with E-state index in [4.69, 9.17) is 4.74 Å². The normalized spacial score (nSPS) is 10.3. The summed E-state index contributed by atoms with van der Waals surface area (Å²) in [4.78, 5) is 16.5. The lowest BCUT2D eigenvalue weighted by molar-refractivity contribution is 0.0946. The first-order valence-electron chi connectivity index (χ1n) is 9.39. The predicted molar refractivity (Wildman–Crippen MR) is 112 cm³/mol. The van der Waals surface area contributed by atoms with Crippen LogP contribution in [0.4, 0.5) is 5.69 Å². The molecule has 0 bridgehead atoms. The third-order valence-electron chi connectivity index (χ3n) is 4.42. The summed E-state index contributed by atoms with van der Waals surface area (Å²) in [5.41, 5.74) is 3.67. The van der Waals surface area contributed by atoms with Crippen LogP contribution in [-0.4, -0.2) is 24.5 Å². The molecule has 1 heterocycles. The lowest BCUT2D eigenvalue weighted by Crippen LogP contribution is -2.23. The van der Waals surface area contributed by atoms with Gasteiger partial charge in [-0.3, -0.25) is 4.79 Å². The summed E-state index contributed by atoms with van der Waals surface area (Å²) in [6, 6.07) is 21.7. The second-order valence-electron chi connectivity index (χ2n) is 6.48. The van der Waals surface area contributed by atoms with Crippen LogP contribution in [0.2, 0.25) is 0 Å². The number of nitrogens with one attached hydrogen (secondary N) is 2. The molecule has 0 spiro atoms. The van der Waals surface area contributed by atoms with Crippen LogP contribution in [0.1, 0.15) is 28.0 Å². The zero-order valence-electron chi connectivity index (χ0n) is 16.0. The Hall–Kier alpha value is -3.34. The number of pyridine rings is 1. The maximum Gasteiger partial charge on any atom is 0.270 e. The highest BCUT2D eigenvalue weighted by Crippen LogP contribution is 2.11. The summed E-state index contributed by atoms with van der Waals surface area (Å²) in [5.74, 6) is 0.607. The monoisotopic (exact) mass is 375 g/mol. The summed E-state index contributed by atoms with van der Waals surface area (Å²) >= 11 is 0. The van der Waals surface area contributed by atoms with Crippen molar-refractivity contribution in [2.45, 2.75) is 19.4 Å². The number of amides is 1. The number of nitrogens with zero attached hydrogens (tertiary/aromatic N) is 1. The Bertz CT molecular complexity index is 863. The van der Waals surface area contributed by atoms with E-state index >= 15 is 0 Å². The number of benzene rings is 2. The predicted octanol–water partition coefficient (Wildman–Crippen LogP) is 4.06. The first kappa shape index (κ1) is 19.4. The quantitative estimate of drug-likeness (QED) is 0.554. The molecular weight excluding hydrogens is 350 g/mol. The van der Waals surface area contributed by atoms with Gasteiger partial charge in [-0.05, 0) is 48.2 Å². The van der Waals surface area contributed by atoms with Gasteiger partial charge in [-0.1, -0.05) is 42.5 Å². The van der Waals surface area contributed by atoms with Crippen LogP contribution in [0.5, 0.6) is 5.75 Å². The van der Waals surface area contributed by atoms with Crippen molar-refractivity contribution in [2.24, 2.45) is 0 Å². The summed E-state index contributed by atoms with van der Waals surface area (Å²) < 4.78 is 5.13. The molecule has 0 unspecified atom stereocenters. The van der Waals surface area contributed by atoms with Gasteiger partial charge in [-0.15, -0.1) is 0 Å². The largest absolute Gasteiger partial charge is 0.497 e. The third kappa shape index (κ3) is 5.84. The molecule has 0 aliphatic carbocycles. The summed E-state index contributed by atoms with van der Waals surface area (Å²) in [7, 11) is 1.63. The average Bonchev–Trinajstić information content (AvgIpc) is 2.76. The molecule has 0 aliphatic rings. The Labute approximate surface area is 165 Å². The van der Waals surface area contributed by atoms with Gasteiger partial charge >= 0.3 is 0 Å². The Morgan fingerprint density at radius 2 is 1.75 bits per heavy atom. The zero-order chi connectivity index (χ0) is 19.6. The van der Waals surface area contributed by atoms with Crippen LogP contribution >= 0.6 is 0 Å². The second-order valence-corrected chi connectivity index (χ2v) is 6.48. The number of rotatable bonds is 9. The van der Waals surface area contributed by atoms with Crippen molar-refractivity contribution in [3.8, 4) is 5.75 Å². The molecule has 0 fully saturated rings. The molecule has 2 aromatic carbocycles. The van der Waals surface area contributed by atoms with Crippen LogP contribution in [0.25, 0.3) is 0 Å². The maximum absolute atomic E-state index is 12.3. The maximum atomic E-state index is 12.3. The minimum absolute atomic E-state index is 0.188. The lowest BCUT2D eigenvalue weighted by atomic mass is 10.1. The number of aryl methyl sites for hydroxylation is 1. The smallest absolute Gasteiger partial charge is 0.270 e. The molecule has 0 saturated heterocycles. The van der Waals surface area contributed by atoms with E-state index in [-0.39, 0.29) is 5.91 Å². The SMILES string of the molecule is COc1ccc(CNC(=O)c2ccc(NCCCc3ccccc3)cn2)cc1. The minimum Gasteiger partial charge on any atom is -0.497 e. The molecule has 28 heavy (non-hydrogen) atoms. The van der Waals surface area contributed by atoms with E-state index in [0.29, 0.717) is 12.2 Å². The van der Waals surface area contributed by atoms with Gasteiger partial charge in [0.1, 0.15) is 11.4 Å². The van der Waals surface area contributed by atoms with Crippen molar-refractivity contribution in [1.29, 1.82) is 0 Å². The molecule has 1 amide bonds. The van der Waals surface area contributed by atoms with E-state index < -0.39 is 0 Å². The van der Waals surface area contributed by atoms with Crippen molar-refractivity contribution in [1.82, 2.24) is 10.3 Å². The van der Waals surface area contributed by atoms with Gasteiger partial charge < -0.3 is 15.4 Å². The summed E-state index contributed by atoms with van der Waals surface area (Å²) in [6.07, 6.45) is 3.77. The molecule has 3 rings (SSSR count). The Balaban J connectivity index is 1.41. The van der Waals surface area contributed by atoms with Crippen LogP contribution in [0, 0.1) is 0 Å². The number of ether oxygens (including phenoxy) is 1. The summed E-state index contributed by atoms with van der Waals surface area (Å²) in [6.45, 7) is 1.31. The number of hydrogen-bond acceptors (Lipinski definition) is 4. The summed E-state index contributed by atoms with van der Waals surface area (Å²) in [5, 5.41) is 6.22. The third-order valence-corrected chi connectivity index (χ3v) is 4.42. The van der Waals surface area contributed by atoms with Gasteiger partial charge in [0.25, 0.3) is 5.91 Å². The average molecular weight is 375 g/mol.